The van der Waals surface area contributed by atoms with Crippen molar-refractivity contribution in [3.63, 3.8) is 0 Å². The highest BCUT2D eigenvalue weighted by molar-refractivity contribution is 5.89. The first kappa shape index (κ1) is 16.0. The summed E-state index contributed by atoms with van der Waals surface area (Å²) >= 11 is 0. The second-order valence-electron chi connectivity index (χ2n) is 5.49. The summed E-state index contributed by atoms with van der Waals surface area (Å²) in [7, 11) is 0. The van der Waals surface area contributed by atoms with Crippen molar-refractivity contribution in [2.45, 2.75) is 38.3 Å². The maximum Gasteiger partial charge on any atom is 0.243 e. The highest BCUT2D eigenvalue weighted by atomic mass is 16.3. The highest BCUT2D eigenvalue weighted by Gasteiger charge is 2.33. The number of aldehydes is 1. The summed E-state index contributed by atoms with van der Waals surface area (Å²) in [5, 5.41) is 11.9. The number of phenols is 1. The van der Waals surface area contributed by atoms with Gasteiger partial charge in [-0.15, -0.1) is 0 Å². The molecule has 0 unspecified atom stereocenters. The fraction of sp³-hybridized carbons (Fsp3) is 0.438. The zero-order valence-electron chi connectivity index (χ0n) is 12.5. The summed E-state index contributed by atoms with van der Waals surface area (Å²) in [5.74, 6) is -0.263. The van der Waals surface area contributed by atoms with E-state index in [2.05, 4.69) is 5.32 Å². The topological polar surface area (TPSA) is 86.7 Å². The quantitative estimate of drug-likeness (QED) is 0.781. The van der Waals surface area contributed by atoms with Crippen LogP contribution in [0.3, 0.4) is 0 Å². The summed E-state index contributed by atoms with van der Waals surface area (Å²) < 4.78 is 0. The van der Waals surface area contributed by atoms with Gasteiger partial charge in [0.2, 0.25) is 11.8 Å². The van der Waals surface area contributed by atoms with Crippen LogP contribution in [0.1, 0.15) is 25.3 Å². The van der Waals surface area contributed by atoms with Gasteiger partial charge in [-0.2, -0.15) is 0 Å². The van der Waals surface area contributed by atoms with Gasteiger partial charge in [-0.25, -0.2) is 0 Å². The van der Waals surface area contributed by atoms with E-state index in [1.54, 1.807) is 12.1 Å². The number of amides is 2. The molecule has 0 bridgehead atoms. The molecule has 22 heavy (non-hydrogen) atoms. The normalized spacial score (nSPS) is 18.8. The molecule has 2 rings (SSSR count). The van der Waals surface area contributed by atoms with Crippen LogP contribution >= 0.6 is 0 Å². The van der Waals surface area contributed by atoms with Gasteiger partial charge >= 0.3 is 0 Å². The molecule has 1 aromatic carbocycles. The molecule has 1 aromatic rings. The van der Waals surface area contributed by atoms with E-state index >= 15 is 0 Å². The predicted molar refractivity (Wildman–Crippen MR) is 80.2 cm³/mol. The Hall–Kier alpha value is -2.37. The first-order valence-corrected chi connectivity index (χ1v) is 7.32. The first-order chi connectivity index (χ1) is 10.5. The minimum atomic E-state index is -0.647. The second-order valence-corrected chi connectivity index (χ2v) is 5.49. The number of hydrogen-bond donors (Lipinski definition) is 2. The lowest BCUT2D eigenvalue weighted by atomic mass is 10.1. The Bertz CT molecular complexity index is 556. The van der Waals surface area contributed by atoms with E-state index in [-0.39, 0.29) is 17.6 Å². The van der Waals surface area contributed by atoms with Gasteiger partial charge in [0, 0.05) is 13.5 Å². The Morgan fingerprint density at radius 1 is 1.41 bits per heavy atom. The lowest BCUT2D eigenvalue weighted by Gasteiger charge is -2.24. The van der Waals surface area contributed by atoms with Gasteiger partial charge in [0.15, 0.2) is 0 Å². The van der Waals surface area contributed by atoms with Crippen molar-refractivity contribution in [1.82, 2.24) is 10.2 Å². The minimum Gasteiger partial charge on any atom is -0.508 e. The number of nitrogens with one attached hydrogen (secondary N) is 1. The summed E-state index contributed by atoms with van der Waals surface area (Å²) in [4.78, 5) is 36.5. The van der Waals surface area contributed by atoms with Crippen molar-refractivity contribution in [3.8, 4) is 5.75 Å². The molecule has 1 saturated heterocycles. The number of hydrogen-bond acceptors (Lipinski definition) is 4. The fourth-order valence-corrected chi connectivity index (χ4v) is 2.71. The number of carbonyl (C=O) groups is 3. The summed E-state index contributed by atoms with van der Waals surface area (Å²) in [6.45, 7) is 2.02. The van der Waals surface area contributed by atoms with Crippen LogP contribution in [0.4, 0.5) is 0 Å². The zero-order chi connectivity index (χ0) is 16.1. The van der Waals surface area contributed by atoms with Crippen LogP contribution in [0.5, 0.6) is 5.75 Å². The van der Waals surface area contributed by atoms with Crippen molar-refractivity contribution in [2.24, 2.45) is 0 Å². The summed E-state index contributed by atoms with van der Waals surface area (Å²) in [6, 6.07) is 5.34. The third-order valence-corrected chi connectivity index (χ3v) is 3.84. The standard InChI is InChI=1S/C16H20N2O4/c1-11(20)18-8-2-3-15(18)16(22)17-13(10-19)9-12-4-6-14(21)7-5-12/h4-7,10,13,15,21H,2-3,8-9H2,1H3,(H,17,22)/t13-,15-/m0/s1. The predicted octanol–water partition coefficient (Wildman–Crippen LogP) is 0.629. The van der Waals surface area contributed by atoms with Crippen molar-refractivity contribution >= 4 is 18.1 Å². The monoisotopic (exact) mass is 304 g/mol. The minimum absolute atomic E-state index is 0.126. The molecule has 0 saturated carbocycles. The van der Waals surface area contributed by atoms with Gasteiger partial charge < -0.3 is 20.1 Å². The molecule has 118 valence electrons. The average Bonchev–Trinajstić information content (AvgIpc) is 2.98. The average molecular weight is 304 g/mol. The van der Waals surface area contributed by atoms with Crippen LogP contribution in [0.25, 0.3) is 0 Å². The molecule has 0 aromatic heterocycles. The van der Waals surface area contributed by atoms with E-state index in [4.69, 9.17) is 0 Å². The van der Waals surface area contributed by atoms with Gasteiger partial charge in [0.05, 0.1) is 6.04 Å². The lowest BCUT2D eigenvalue weighted by molar-refractivity contribution is -0.137. The first-order valence-electron chi connectivity index (χ1n) is 7.32. The maximum absolute atomic E-state index is 12.3. The van der Waals surface area contributed by atoms with Crippen LogP contribution in [0.2, 0.25) is 0 Å². The molecule has 0 aliphatic carbocycles. The van der Waals surface area contributed by atoms with Gasteiger partial charge in [-0.3, -0.25) is 9.59 Å². The molecule has 0 radical (unpaired) electrons. The Morgan fingerprint density at radius 3 is 2.68 bits per heavy atom. The van der Waals surface area contributed by atoms with Crippen LogP contribution < -0.4 is 5.32 Å². The third-order valence-electron chi connectivity index (χ3n) is 3.84. The fourth-order valence-electron chi connectivity index (χ4n) is 2.71. The van der Waals surface area contributed by atoms with Crippen molar-refractivity contribution < 1.29 is 19.5 Å². The van der Waals surface area contributed by atoms with Gasteiger partial charge in [-0.1, -0.05) is 12.1 Å². The number of benzene rings is 1. The number of carbonyl (C=O) groups excluding carboxylic acids is 3. The molecule has 1 aliphatic heterocycles. The molecule has 2 amide bonds. The number of nitrogens with zero attached hydrogens (tertiary/aromatic N) is 1. The molecular formula is C16H20N2O4. The number of rotatable bonds is 5. The molecular weight excluding hydrogens is 284 g/mol. The maximum atomic E-state index is 12.3. The number of likely N-dealkylation sites (tertiary alicyclic amines) is 1. The van der Waals surface area contributed by atoms with E-state index in [9.17, 15) is 19.5 Å². The SMILES string of the molecule is CC(=O)N1CCC[C@H]1C(=O)N[C@H](C=O)Cc1ccc(O)cc1. The van der Waals surface area contributed by atoms with E-state index in [1.165, 1.54) is 24.0 Å². The van der Waals surface area contributed by atoms with Crippen molar-refractivity contribution in [3.05, 3.63) is 29.8 Å². The Morgan fingerprint density at radius 2 is 2.09 bits per heavy atom. The molecule has 2 N–H and O–H groups in total. The van der Waals surface area contributed by atoms with Crippen LogP contribution in [-0.4, -0.2) is 46.7 Å². The summed E-state index contributed by atoms with van der Waals surface area (Å²) in [5.41, 5.74) is 0.838. The highest BCUT2D eigenvalue weighted by Crippen LogP contribution is 2.18. The summed E-state index contributed by atoms with van der Waals surface area (Å²) in [6.07, 6.45) is 2.46. The Labute approximate surface area is 129 Å². The van der Waals surface area contributed by atoms with Crippen molar-refractivity contribution in [1.29, 1.82) is 0 Å². The molecule has 1 heterocycles. The zero-order valence-corrected chi connectivity index (χ0v) is 12.5. The number of phenolic OH excluding ortho intramolecular Hbond substituents is 1. The Balaban J connectivity index is 1.97. The largest absolute Gasteiger partial charge is 0.508 e. The van der Waals surface area contributed by atoms with E-state index in [1.807, 2.05) is 0 Å². The third kappa shape index (κ3) is 3.84. The van der Waals surface area contributed by atoms with Crippen molar-refractivity contribution in [2.75, 3.05) is 6.54 Å². The Kier molecular flexibility index (Phi) is 5.14. The molecule has 1 fully saturated rings. The van der Waals surface area contributed by atoms with Gasteiger partial charge in [0.1, 0.15) is 18.1 Å². The second kappa shape index (κ2) is 7.06. The van der Waals surface area contributed by atoms with Crippen LogP contribution in [0, 0.1) is 0 Å². The van der Waals surface area contributed by atoms with E-state index in [0.717, 1.165) is 12.0 Å². The molecule has 2 atom stereocenters. The van der Waals surface area contributed by atoms with E-state index < -0.39 is 12.1 Å². The molecule has 6 nitrogen and oxygen atoms in total. The van der Waals surface area contributed by atoms with Crippen LogP contribution in [-0.2, 0) is 20.8 Å². The van der Waals surface area contributed by atoms with E-state index in [0.29, 0.717) is 25.7 Å². The lowest BCUT2D eigenvalue weighted by Crippen LogP contribution is -2.49. The number of aromatic hydroxyl groups is 1. The molecule has 1 aliphatic rings. The molecule has 0 spiro atoms. The van der Waals surface area contributed by atoms with Gasteiger partial charge in [0.25, 0.3) is 0 Å². The van der Waals surface area contributed by atoms with Crippen LogP contribution in [0.15, 0.2) is 24.3 Å². The molecule has 6 heteroatoms. The smallest absolute Gasteiger partial charge is 0.243 e. The van der Waals surface area contributed by atoms with Gasteiger partial charge in [-0.05, 0) is 37.0 Å².